The number of aromatic nitrogens is 2. The number of nitrogens with zero attached hydrogens (tertiary/aromatic N) is 2. The normalized spacial score (nSPS) is 15.2. The van der Waals surface area contributed by atoms with Crippen molar-refractivity contribution in [2.75, 3.05) is 7.05 Å². The number of pyridine rings is 1. The van der Waals surface area contributed by atoms with Gasteiger partial charge in [-0.05, 0) is 31.2 Å². The molecule has 0 unspecified atom stereocenters. The number of hydrogen-bond donors (Lipinski definition) is 1. The SMILES string of the molecule is Cc1cc2c([nH]1)-c1nc3ccccc3cc1C(=O)N(C)/C=C\2. The van der Waals surface area contributed by atoms with Crippen LogP contribution in [0.4, 0.5) is 0 Å². The Bertz CT molecular complexity index is 937. The molecule has 0 atom stereocenters. The molecule has 3 heterocycles. The number of amides is 1. The number of hydrogen-bond acceptors (Lipinski definition) is 2. The van der Waals surface area contributed by atoms with Crippen molar-refractivity contribution in [2.45, 2.75) is 6.92 Å². The molecule has 1 amide bonds. The molecule has 1 aliphatic heterocycles. The second kappa shape index (κ2) is 4.56. The van der Waals surface area contributed by atoms with Gasteiger partial charge in [0.05, 0.1) is 16.8 Å². The van der Waals surface area contributed by atoms with Gasteiger partial charge in [0.2, 0.25) is 0 Å². The van der Waals surface area contributed by atoms with Crippen molar-refractivity contribution in [1.29, 1.82) is 0 Å². The van der Waals surface area contributed by atoms with Gasteiger partial charge >= 0.3 is 0 Å². The van der Waals surface area contributed by atoms with Gasteiger partial charge in [0.15, 0.2) is 0 Å². The first-order valence-electron chi connectivity index (χ1n) is 7.18. The predicted molar refractivity (Wildman–Crippen MR) is 87.4 cm³/mol. The number of fused-ring (bicyclic) bond motifs is 4. The van der Waals surface area contributed by atoms with Crippen molar-refractivity contribution in [3.8, 4) is 11.4 Å². The lowest BCUT2D eigenvalue weighted by atomic mass is 10.0. The summed E-state index contributed by atoms with van der Waals surface area (Å²) in [6, 6.07) is 11.8. The van der Waals surface area contributed by atoms with Crippen LogP contribution in [-0.4, -0.2) is 27.8 Å². The third-order valence-corrected chi connectivity index (χ3v) is 3.97. The van der Waals surface area contributed by atoms with Gasteiger partial charge in [-0.2, -0.15) is 0 Å². The molecule has 0 saturated carbocycles. The highest BCUT2D eigenvalue weighted by molar-refractivity contribution is 6.04. The largest absolute Gasteiger partial charge is 0.357 e. The van der Waals surface area contributed by atoms with Gasteiger partial charge in [-0.1, -0.05) is 18.2 Å². The molecule has 1 aromatic carbocycles. The maximum Gasteiger partial charge on any atom is 0.259 e. The maximum atomic E-state index is 12.7. The van der Waals surface area contributed by atoms with Crippen LogP contribution in [-0.2, 0) is 0 Å². The second-order valence-electron chi connectivity index (χ2n) is 5.59. The lowest BCUT2D eigenvalue weighted by Crippen LogP contribution is -2.23. The molecule has 3 aromatic rings. The summed E-state index contributed by atoms with van der Waals surface area (Å²) in [6.45, 7) is 2.00. The Morgan fingerprint density at radius 2 is 2.00 bits per heavy atom. The highest BCUT2D eigenvalue weighted by atomic mass is 16.2. The Labute approximate surface area is 128 Å². The van der Waals surface area contributed by atoms with Crippen LogP contribution in [0.3, 0.4) is 0 Å². The molecular formula is C18H15N3O. The first-order valence-corrected chi connectivity index (χ1v) is 7.18. The van der Waals surface area contributed by atoms with E-state index in [0.717, 1.165) is 27.9 Å². The first-order chi connectivity index (χ1) is 10.6. The molecule has 0 fully saturated rings. The third kappa shape index (κ3) is 1.84. The van der Waals surface area contributed by atoms with Crippen LogP contribution in [0.5, 0.6) is 0 Å². The molecule has 2 aromatic heterocycles. The van der Waals surface area contributed by atoms with E-state index in [4.69, 9.17) is 4.98 Å². The lowest BCUT2D eigenvalue weighted by Gasteiger charge is -2.18. The minimum atomic E-state index is -0.0533. The molecule has 0 radical (unpaired) electrons. The Kier molecular flexibility index (Phi) is 2.66. The minimum Gasteiger partial charge on any atom is -0.357 e. The van der Waals surface area contributed by atoms with E-state index < -0.39 is 0 Å². The average Bonchev–Trinajstić information content (AvgIpc) is 2.90. The molecule has 4 nitrogen and oxygen atoms in total. The summed E-state index contributed by atoms with van der Waals surface area (Å²) in [6.07, 6.45) is 3.74. The summed E-state index contributed by atoms with van der Waals surface area (Å²) < 4.78 is 0. The van der Waals surface area contributed by atoms with Crippen LogP contribution >= 0.6 is 0 Å². The zero-order valence-corrected chi connectivity index (χ0v) is 12.4. The van der Waals surface area contributed by atoms with Crippen LogP contribution < -0.4 is 0 Å². The number of H-pyrrole nitrogens is 1. The standard InChI is InChI=1S/C18H15N3O/c1-11-9-13-7-8-21(2)18(22)14-10-12-5-3-4-6-15(12)20-17(14)16(13)19-11/h3-10,19H,1-2H3/b8-7-. The van der Waals surface area contributed by atoms with E-state index in [9.17, 15) is 4.79 Å². The zero-order valence-electron chi connectivity index (χ0n) is 12.4. The fourth-order valence-electron chi connectivity index (χ4n) is 2.86. The summed E-state index contributed by atoms with van der Waals surface area (Å²) in [5.74, 6) is -0.0533. The number of nitrogens with one attached hydrogen (secondary N) is 1. The summed E-state index contributed by atoms with van der Waals surface area (Å²) in [5.41, 5.74) is 5.21. The zero-order chi connectivity index (χ0) is 15.3. The van der Waals surface area contributed by atoms with Crippen molar-refractivity contribution in [2.24, 2.45) is 0 Å². The molecule has 22 heavy (non-hydrogen) atoms. The van der Waals surface area contributed by atoms with E-state index in [1.54, 1.807) is 18.1 Å². The van der Waals surface area contributed by atoms with E-state index in [1.807, 2.05) is 43.3 Å². The average molecular weight is 289 g/mol. The van der Waals surface area contributed by atoms with Gasteiger partial charge < -0.3 is 9.88 Å². The van der Waals surface area contributed by atoms with Crippen molar-refractivity contribution < 1.29 is 4.79 Å². The minimum absolute atomic E-state index is 0.0533. The van der Waals surface area contributed by atoms with E-state index >= 15 is 0 Å². The summed E-state index contributed by atoms with van der Waals surface area (Å²) in [5, 5.41) is 0.970. The maximum absolute atomic E-state index is 12.7. The predicted octanol–water partition coefficient (Wildman–Crippen LogP) is 3.59. The van der Waals surface area contributed by atoms with Crippen LogP contribution in [0.25, 0.3) is 28.4 Å². The first kappa shape index (κ1) is 12.8. The van der Waals surface area contributed by atoms with Crippen molar-refractivity contribution in [3.05, 3.63) is 59.4 Å². The Balaban J connectivity index is 2.11. The number of rotatable bonds is 0. The molecule has 4 rings (SSSR count). The second-order valence-corrected chi connectivity index (χ2v) is 5.59. The third-order valence-electron chi connectivity index (χ3n) is 3.97. The van der Waals surface area contributed by atoms with Gasteiger partial charge in [-0.3, -0.25) is 4.79 Å². The van der Waals surface area contributed by atoms with Gasteiger partial charge in [0.1, 0.15) is 5.69 Å². The van der Waals surface area contributed by atoms with E-state index in [-0.39, 0.29) is 5.91 Å². The van der Waals surface area contributed by atoms with Crippen molar-refractivity contribution >= 4 is 22.9 Å². The molecular weight excluding hydrogens is 274 g/mol. The summed E-state index contributed by atoms with van der Waals surface area (Å²) in [7, 11) is 1.77. The van der Waals surface area contributed by atoms with Crippen molar-refractivity contribution in [3.63, 3.8) is 0 Å². The van der Waals surface area contributed by atoms with Crippen LogP contribution in [0.2, 0.25) is 0 Å². The molecule has 4 heteroatoms. The highest BCUT2D eigenvalue weighted by Gasteiger charge is 2.22. The number of carbonyl (C=O) groups is 1. The number of para-hydroxylation sites is 1. The van der Waals surface area contributed by atoms with Crippen LogP contribution in [0, 0.1) is 6.92 Å². The van der Waals surface area contributed by atoms with E-state index in [2.05, 4.69) is 11.1 Å². The summed E-state index contributed by atoms with van der Waals surface area (Å²) in [4.78, 5) is 22.3. The van der Waals surface area contributed by atoms with E-state index in [0.29, 0.717) is 11.3 Å². The molecule has 0 aliphatic carbocycles. The van der Waals surface area contributed by atoms with Gasteiger partial charge in [0, 0.05) is 29.9 Å². The number of carbonyl (C=O) groups excluding carboxylic acids is 1. The highest BCUT2D eigenvalue weighted by Crippen LogP contribution is 2.31. The Morgan fingerprint density at radius 3 is 2.86 bits per heavy atom. The smallest absolute Gasteiger partial charge is 0.259 e. The molecule has 0 spiro atoms. The topological polar surface area (TPSA) is 49.0 Å². The van der Waals surface area contributed by atoms with Gasteiger partial charge in [0.25, 0.3) is 5.91 Å². The van der Waals surface area contributed by atoms with Crippen LogP contribution in [0.15, 0.2) is 42.6 Å². The molecule has 0 saturated heterocycles. The van der Waals surface area contributed by atoms with Crippen molar-refractivity contribution in [1.82, 2.24) is 14.9 Å². The quantitative estimate of drug-likeness (QED) is 0.687. The number of benzene rings is 1. The van der Waals surface area contributed by atoms with Gasteiger partial charge in [-0.15, -0.1) is 0 Å². The summed E-state index contributed by atoms with van der Waals surface area (Å²) >= 11 is 0. The van der Waals surface area contributed by atoms with Gasteiger partial charge in [-0.25, -0.2) is 4.98 Å². The number of aryl methyl sites for hydroxylation is 1. The lowest BCUT2D eigenvalue weighted by molar-refractivity contribution is 0.0851. The van der Waals surface area contributed by atoms with Crippen LogP contribution in [0.1, 0.15) is 21.6 Å². The fraction of sp³-hybridized carbons (Fsp3) is 0.111. The molecule has 108 valence electrons. The van der Waals surface area contributed by atoms with E-state index in [1.165, 1.54) is 0 Å². The Morgan fingerprint density at radius 1 is 1.18 bits per heavy atom. The molecule has 1 N–H and O–H groups in total. The number of aromatic amines is 1. The Hall–Kier alpha value is -2.88. The molecule has 0 bridgehead atoms. The fourth-order valence-corrected chi connectivity index (χ4v) is 2.86. The molecule has 1 aliphatic rings. The monoisotopic (exact) mass is 289 g/mol.